The molecule has 2 fully saturated rings. The number of esters is 2. The van der Waals surface area contributed by atoms with E-state index >= 15 is 0 Å². The summed E-state index contributed by atoms with van der Waals surface area (Å²) in [5.74, 6) is -0.437. The van der Waals surface area contributed by atoms with E-state index in [1.807, 2.05) is 30.3 Å². The quantitative estimate of drug-likeness (QED) is 0.209. The van der Waals surface area contributed by atoms with E-state index in [-0.39, 0.29) is 25.5 Å². The van der Waals surface area contributed by atoms with Crippen LogP contribution in [0.25, 0.3) is 0 Å². The van der Waals surface area contributed by atoms with Gasteiger partial charge in [0, 0.05) is 33.4 Å². The first-order valence-corrected chi connectivity index (χ1v) is 15.2. The molecule has 3 rings (SSSR count). The Hall–Kier alpha value is -2.79. The second kappa shape index (κ2) is 16.5. The van der Waals surface area contributed by atoms with Crippen LogP contribution < -0.4 is 5.32 Å². The maximum absolute atomic E-state index is 13.1. The van der Waals surface area contributed by atoms with E-state index in [1.54, 1.807) is 0 Å². The van der Waals surface area contributed by atoms with E-state index in [1.165, 1.54) is 30.5 Å². The van der Waals surface area contributed by atoms with Crippen molar-refractivity contribution in [3.05, 3.63) is 35.9 Å². The number of rotatable bonds is 13. The van der Waals surface area contributed by atoms with Crippen molar-refractivity contribution in [1.82, 2.24) is 10.2 Å². The average Bonchev–Trinajstić information content (AvgIpc) is 3.42. The zero-order chi connectivity index (χ0) is 28.9. The number of carbonyl (C=O) groups is 4. The van der Waals surface area contributed by atoms with Gasteiger partial charge >= 0.3 is 18.0 Å². The summed E-state index contributed by atoms with van der Waals surface area (Å²) in [5, 5.41) is 2.92. The molecule has 2 aliphatic heterocycles. The molecule has 5 atom stereocenters. The Morgan fingerprint density at radius 1 is 1.05 bits per heavy atom. The van der Waals surface area contributed by atoms with Gasteiger partial charge in [0.2, 0.25) is 5.91 Å². The lowest BCUT2D eigenvalue weighted by Crippen LogP contribution is -2.54. The Morgan fingerprint density at radius 2 is 1.80 bits per heavy atom. The molecule has 0 radical (unpaired) electrons. The summed E-state index contributed by atoms with van der Waals surface area (Å²) in [5.41, 5.74) is 0.333. The fourth-order valence-electron chi connectivity index (χ4n) is 4.93. The third-order valence-corrected chi connectivity index (χ3v) is 8.09. The van der Waals surface area contributed by atoms with E-state index < -0.39 is 47.8 Å². The molecular formula is C29H42N2O8S. The molecular weight excluding hydrogens is 536 g/mol. The standard InChI is InChI=1S/C29H42N2O8S/c1-4-5-6-10-16-40-28-26(38-21(3)33)25(37-20(2)32)17-23(39-28)18-30-27(34)24-14-11-15-31(24)29(35)36-19-22-12-8-7-9-13-22/h7-9,12-13,23-26,28H,4-6,10-11,14-19H2,1-3H3,(H,30,34)/t23-,24?,25-,26-,28+/m0/s1. The van der Waals surface area contributed by atoms with Crippen molar-refractivity contribution in [2.45, 2.75) is 102 Å². The molecule has 2 saturated heterocycles. The molecule has 2 amide bonds. The highest BCUT2D eigenvalue weighted by molar-refractivity contribution is 7.99. The van der Waals surface area contributed by atoms with Crippen molar-refractivity contribution >= 4 is 35.7 Å². The molecule has 222 valence electrons. The number of hydrogen-bond acceptors (Lipinski definition) is 9. The van der Waals surface area contributed by atoms with Gasteiger partial charge in [-0.25, -0.2) is 4.79 Å². The topological polar surface area (TPSA) is 120 Å². The average molecular weight is 579 g/mol. The summed E-state index contributed by atoms with van der Waals surface area (Å²) < 4.78 is 22.8. The SMILES string of the molecule is CCCCCCS[C@H]1O[C@H](CNC(=O)C2CCCN2C(=O)OCc2ccccc2)C[C@H](OC(C)=O)[C@@H]1OC(C)=O. The lowest BCUT2D eigenvalue weighted by Gasteiger charge is -2.40. The third-order valence-electron chi connectivity index (χ3n) is 6.85. The van der Waals surface area contributed by atoms with Crippen LogP contribution in [0.4, 0.5) is 4.79 Å². The monoisotopic (exact) mass is 578 g/mol. The zero-order valence-corrected chi connectivity index (χ0v) is 24.5. The molecule has 0 aromatic heterocycles. The molecule has 0 saturated carbocycles. The second-order valence-electron chi connectivity index (χ2n) is 10.2. The van der Waals surface area contributed by atoms with Gasteiger partial charge in [0.25, 0.3) is 0 Å². The van der Waals surface area contributed by atoms with Gasteiger partial charge in [-0.3, -0.25) is 19.3 Å². The number of unbranched alkanes of at least 4 members (excludes halogenated alkanes) is 3. The van der Waals surface area contributed by atoms with Crippen LogP contribution in [-0.2, 0) is 39.9 Å². The maximum Gasteiger partial charge on any atom is 0.410 e. The zero-order valence-electron chi connectivity index (χ0n) is 23.7. The molecule has 1 N–H and O–H groups in total. The van der Waals surface area contributed by atoms with Gasteiger partial charge in [-0.2, -0.15) is 0 Å². The van der Waals surface area contributed by atoms with Gasteiger partial charge in [-0.15, -0.1) is 11.8 Å². The summed E-state index contributed by atoms with van der Waals surface area (Å²) in [7, 11) is 0. The van der Waals surface area contributed by atoms with Crippen LogP contribution in [-0.4, -0.2) is 77.5 Å². The lowest BCUT2D eigenvalue weighted by molar-refractivity contribution is -0.192. The first-order chi connectivity index (χ1) is 19.3. The maximum atomic E-state index is 13.1. The number of amides is 2. The number of nitrogens with zero attached hydrogens (tertiary/aromatic N) is 1. The van der Waals surface area contributed by atoms with Gasteiger partial charge in [0.1, 0.15) is 24.2 Å². The predicted octanol–water partition coefficient (Wildman–Crippen LogP) is 4.20. The molecule has 1 unspecified atom stereocenters. The third kappa shape index (κ3) is 9.99. The molecule has 1 aromatic carbocycles. The van der Waals surface area contributed by atoms with Crippen LogP contribution in [0.2, 0.25) is 0 Å². The first kappa shape index (κ1) is 31.7. The molecule has 0 bridgehead atoms. The summed E-state index contributed by atoms with van der Waals surface area (Å²) in [6.07, 6.45) is 3.43. The normalized spacial score (nSPS) is 24.3. The van der Waals surface area contributed by atoms with Crippen molar-refractivity contribution < 1.29 is 38.1 Å². The minimum atomic E-state index is -0.741. The molecule has 0 spiro atoms. The fourth-order valence-corrected chi connectivity index (χ4v) is 6.19. The van der Waals surface area contributed by atoms with E-state index in [4.69, 9.17) is 18.9 Å². The smallest absolute Gasteiger partial charge is 0.410 e. The minimum absolute atomic E-state index is 0.138. The van der Waals surface area contributed by atoms with Gasteiger partial charge in [-0.05, 0) is 30.6 Å². The fraction of sp³-hybridized carbons (Fsp3) is 0.655. The number of hydrogen-bond donors (Lipinski definition) is 1. The Morgan fingerprint density at radius 3 is 2.50 bits per heavy atom. The van der Waals surface area contributed by atoms with Crippen LogP contribution in [0, 0.1) is 0 Å². The molecule has 1 aromatic rings. The highest BCUT2D eigenvalue weighted by Gasteiger charge is 2.44. The number of ether oxygens (including phenoxy) is 4. The van der Waals surface area contributed by atoms with E-state index in [9.17, 15) is 19.2 Å². The lowest BCUT2D eigenvalue weighted by atomic mass is 10.0. The van der Waals surface area contributed by atoms with Gasteiger partial charge in [-0.1, -0.05) is 56.5 Å². The summed E-state index contributed by atoms with van der Waals surface area (Å²) in [6.45, 7) is 5.53. The highest BCUT2D eigenvalue weighted by atomic mass is 32.2. The number of likely N-dealkylation sites (tertiary alicyclic amines) is 1. The Kier molecular flexibility index (Phi) is 13.1. The summed E-state index contributed by atoms with van der Waals surface area (Å²) in [6, 6.07) is 8.75. The van der Waals surface area contributed by atoms with Crippen LogP contribution in [0.5, 0.6) is 0 Å². The number of carbonyl (C=O) groups excluding carboxylic acids is 4. The molecule has 2 aliphatic rings. The number of nitrogens with one attached hydrogen (secondary N) is 1. The van der Waals surface area contributed by atoms with E-state index in [2.05, 4.69) is 12.2 Å². The largest absolute Gasteiger partial charge is 0.458 e. The number of benzene rings is 1. The van der Waals surface area contributed by atoms with Gasteiger partial charge in [0.15, 0.2) is 6.10 Å². The highest BCUT2D eigenvalue weighted by Crippen LogP contribution is 2.33. The molecule has 0 aliphatic carbocycles. The van der Waals surface area contributed by atoms with Crippen LogP contribution in [0.15, 0.2) is 30.3 Å². The van der Waals surface area contributed by atoms with E-state index in [0.717, 1.165) is 37.0 Å². The molecule has 40 heavy (non-hydrogen) atoms. The summed E-state index contributed by atoms with van der Waals surface area (Å²) >= 11 is 1.53. The van der Waals surface area contributed by atoms with Crippen molar-refractivity contribution in [3.8, 4) is 0 Å². The molecule has 11 heteroatoms. The molecule has 10 nitrogen and oxygen atoms in total. The summed E-state index contributed by atoms with van der Waals surface area (Å²) in [4.78, 5) is 51.0. The minimum Gasteiger partial charge on any atom is -0.458 e. The van der Waals surface area contributed by atoms with E-state index in [0.29, 0.717) is 19.4 Å². The van der Waals surface area contributed by atoms with Crippen LogP contribution in [0.1, 0.15) is 71.3 Å². The predicted molar refractivity (Wildman–Crippen MR) is 150 cm³/mol. The Bertz CT molecular complexity index is 978. The van der Waals surface area contributed by atoms with Gasteiger partial charge in [0.05, 0.1) is 6.10 Å². The van der Waals surface area contributed by atoms with Crippen molar-refractivity contribution in [1.29, 1.82) is 0 Å². The van der Waals surface area contributed by atoms with Crippen molar-refractivity contribution in [3.63, 3.8) is 0 Å². The Balaban J connectivity index is 1.58. The van der Waals surface area contributed by atoms with Crippen molar-refractivity contribution in [2.75, 3.05) is 18.8 Å². The van der Waals surface area contributed by atoms with Crippen LogP contribution in [0.3, 0.4) is 0 Å². The van der Waals surface area contributed by atoms with Crippen molar-refractivity contribution in [2.24, 2.45) is 0 Å². The second-order valence-corrected chi connectivity index (χ2v) is 11.4. The number of thioether (sulfide) groups is 1. The Labute approximate surface area is 240 Å². The molecule has 2 heterocycles. The van der Waals surface area contributed by atoms with Crippen LogP contribution >= 0.6 is 11.8 Å². The van der Waals surface area contributed by atoms with Gasteiger partial charge < -0.3 is 24.3 Å². The first-order valence-electron chi connectivity index (χ1n) is 14.1.